The number of esters is 1. The first-order chi connectivity index (χ1) is 12.0. The third kappa shape index (κ3) is 3.72. The van der Waals surface area contributed by atoms with E-state index in [9.17, 15) is 9.18 Å². The summed E-state index contributed by atoms with van der Waals surface area (Å²) in [7, 11) is 0. The molecule has 2 aromatic carbocycles. The predicted molar refractivity (Wildman–Crippen MR) is 94.0 cm³/mol. The molecule has 0 saturated carbocycles. The molecule has 0 atom stereocenters. The van der Waals surface area contributed by atoms with Gasteiger partial charge in [-0.1, -0.05) is 37.6 Å². The van der Waals surface area contributed by atoms with Crippen molar-refractivity contribution in [3.8, 4) is 11.6 Å². The first-order valence-electron chi connectivity index (χ1n) is 7.78. The molecule has 0 bridgehead atoms. The van der Waals surface area contributed by atoms with Crippen molar-refractivity contribution in [1.29, 1.82) is 0 Å². The number of halogens is 2. The third-order valence-corrected chi connectivity index (χ3v) is 3.96. The zero-order valence-corrected chi connectivity index (χ0v) is 14.5. The van der Waals surface area contributed by atoms with Gasteiger partial charge in [0, 0.05) is 6.07 Å². The molecule has 4 nitrogen and oxygen atoms in total. The van der Waals surface area contributed by atoms with Crippen LogP contribution in [0, 0.1) is 5.82 Å². The fourth-order valence-electron chi connectivity index (χ4n) is 2.27. The van der Waals surface area contributed by atoms with Crippen molar-refractivity contribution in [3.05, 3.63) is 76.7 Å². The van der Waals surface area contributed by atoms with Crippen molar-refractivity contribution in [1.82, 2.24) is 9.78 Å². The molecule has 3 rings (SSSR count). The van der Waals surface area contributed by atoms with Crippen LogP contribution >= 0.6 is 11.6 Å². The van der Waals surface area contributed by atoms with E-state index in [2.05, 4.69) is 5.10 Å². The lowest BCUT2D eigenvalue weighted by Crippen LogP contribution is -2.12. The van der Waals surface area contributed by atoms with Gasteiger partial charge in [-0.2, -0.15) is 9.78 Å². The van der Waals surface area contributed by atoms with Gasteiger partial charge in [-0.05, 0) is 42.3 Å². The number of para-hydroxylation sites is 1. The molecule has 0 unspecified atom stereocenters. The van der Waals surface area contributed by atoms with Crippen molar-refractivity contribution in [2.45, 2.75) is 19.8 Å². The molecule has 0 N–H and O–H groups in total. The average Bonchev–Trinajstić information content (AvgIpc) is 3.00. The van der Waals surface area contributed by atoms with E-state index in [-0.39, 0.29) is 17.4 Å². The van der Waals surface area contributed by atoms with Gasteiger partial charge in [0.05, 0.1) is 22.0 Å². The second-order valence-electron chi connectivity index (χ2n) is 5.82. The molecule has 0 saturated heterocycles. The highest BCUT2D eigenvalue weighted by Crippen LogP contribution is 2.28. The van der Waals surface area contributed by atoms with Gasteiger partial charge in [-0.3, -0.25) is 0 Å². The van der Waals surface area contributed by atoms with Crippen LogP contribution in [0.15, 0.2) is 54.6 Å². The molecular weight excluding hydrogens is 343 g/mol. The summed E-state index contributed by atoms with van der Waals surface area (Å²) in [6.45, 7) is 3.98. The van der Waals surface area contributed by atoms with Crippen LogP contribution < -0.4 is 4.74 Å². The van der Waals surface area contributed by atoms with Crippen LogP contribution in [0.25, 0.3) is 5.69 Å². The number of benzene rings is 2. The normalized spacial score (nSPS) is 10.9. The lowest BCUT2D eigenvalue weighted by Gasteiger charge is -2.09. The van der Waals surface area contributed by atoms with E-state index in [1.54, 1.807) is 18.2 Å². The molecule has 1 heterocycles. The summed E-state index contributed by atoms with van der Waals surface area (Å²) >= 11 is 6.25. The van der Waals surface area contributed by atoms with E-state index in [0.29, 0.717) is 10.7 Å². The minimum absolute atomic E-state index is 0.145. The van der Waals surface area contributed by atoms with Crippen LogP contribution in [-0.2, 0) is 0 Å². The highest BCUT2D eigenvalue weighted by Gasteiger charge is 2.18. The average molecular weight is 359 g/mol. The monoisotopic (exact) mass is 358 g/mol. The minimum Gasteiger partial charge on any atom is -0.404 e. The zero-order chi connectivity index (χ0) is 18.0. The number of hydrogen-bond acceptors (Lipinski definition) is 3. The predicted octanol–water partition coefficient (Wildman–Crippen LogP) is 5.01. The van der Waals surface area contributed by atoms with Gasteiger partial charge >= 0.3 is 5.97 Å². The molecule has 0 aliphatic carbocycles. The standard InChI is InChI=1S/C19H16ClFN2O2/c1-12(2)16-11-18(23(22-16)17-6-4-3-5-15(17)20)25-19(24)13-7-9-14(21)10-8-13/h3-12H,1-2H3. The van der Waals surface area contributed by atoms with Crippen molar-refractivity contribution in [2.24, 2.45) is 0 Å². The maximum atomic E-state index is 13.0. The Morgan fingerprint density at radius 2 is 1.84 bits per heavy atom. The number of carbonyl (C=O) groups is 1. The summed E-state index contributed by atoms with van der Waals surface area (Å²) in [6, 6.07) is 14.0. The van der Waals surface area contributed by atoms with Crippen LogP contribution in [0.1, 0.15) is 35.8 Å². The topological polar surface area (TPSA) is 44.1 Å². The molecule has 6 heteroatoms. The van der Waals surface area contributed by atoms with Gasteiger partial charge < -0.3 is 4.74 Å². The molecule has 0 fully saturated rings. The highest BCUT2D eigenvalue weighted by atomic mass is 35.5. The Hall–Kier alpha value is -2.66. The van der Waals surface area contributed by atoms with Crippen LogP contribution in [0.3, 0.4) is 0 Å². The zero-order valence-electron chi connectivity index (χ0n) is 13.7. The van der Waals surface area contributed by atoms with E-state index in [4.69, 9.17) is 16.3 Å². The number of carbonyl (C=O) groups excluding carboxylic acids is 1. The molecular formula is C19H16ClFN2O2. The van der Waals surface area contributed by atoms with Gasteiger partial charge in [0.15, 0.2) is 0 Å². The Labute approximate surface area is 149 Å². The number of nitrogens with zero attached hydrogens (tertiary/aromatic N) is 2. The Morgan fingerprint density at radius 1 is 1.16 bits per heavy atom. The van der Waals surface area contributed by atoms with E-state index in [1.165, 1.54) is 28.9 Å². The molecule has 0 spiro atoms. The maximum absolute atomic E-state index is 13.0. The smallest absolute Gasteiger partial charge is 0.344 e. The maximum Gasteiger partial charge on any atom is 0.344 e. The van der Waals surface area contributed by atoms with E-state index >= 15 is 0 Å². The molecule has 0 aliphatic rings. The Morgan fingerprint density at radius 3 is 2.48 bits per heavy atom. The first kappa shape index (κ1) is 17.2. The lowest BCUT2D eigenvalue weighted by atomic mass is 10.1. The summed E-state index contributed by atoms with van der Waals surface area (Å²) in [5.41, 5.74) is 1.62. The Kier molecular flexibility index (Phi) is 4.86. The van der Waals surface area contributed by atoms with E-state index in [0.717, 1.165) is 5.69 Å². The molecule has 128 valence electrons. The van der Waals surface area contributed by atoms with Crippen molar-refractivity contribution in [3.63, 3.8) is 0 Å². The Bertz CT molecular complexity index is 904. The first-order valence-corrected chi connectivity index (χ1v) is 8.16. The Balaban J connectivity index is 1.99. The summed E-state index contributed by atoms with van der Waals surface area (Å²) in [5.74, 6) is -0.610. The largest absolute Gasteiger partial charge is 0.404 e. The second-order valence-corrected chi connectivity index (χ2v) is 6.23. The van der Waals surface area contributed by atoms with Gasteiger partial charge in [0.1, 0.15) is 5.82 Å². The number of rotatable bonds is 4. The number of aromatic nitrogens is 2. The molecule has 0 radical (unpaired) electrons. The van der Waals surface area contributed by atoms with Crippen LogP contribution in [0.5, 0.6) is 5.88 Å². The van der Waals surface area contributed by atoms with Gasteiger partial charge in [0.25, 0.3) is 0 Å². The van der Waals surface area contributed by atoms with Gasteiger partial charge in [0.2, 0.25) is 5.88 Å². The third-order valence-electron chi connectivity index (χ3n) is 3.64. The number of ether oxygens (including phenoxy) is 1. The molecule has 25 heavy (non-hydrogen) atoms. The number of hydrogen-bond donors (Lipinski definition) is 0. The van der Waals surface area contributed by atoms with Gasteiger partial charge in [-0.15, -0.1) is 0 Å². The van der Waals surface area contributed by atoms with Crippen LogP contribution in [-0.4, -0.2) is 15.7 Å². The van der Waals surface area contributed by atoms with Crippen molar-refractivity contribution >= 4 is 17.6 Å². The minimum atomic E-state index is -0.594. The van der Waals surface area contributed by atoms with Gasteiger partial charge in [-0.25, -0.2) is 9.18 Å². The summed E-state index contributed by atoms with van der Waals surface area (Å²) in [5, 5.41) is 4.98. The quantitative estimate of drug-likeness (QED) is 0.616. The lowest BCUT2D eigenvalue weighted by molar-refractivity contribution is 0.0723. The molecule has 3 aromatic rings. The molecule has 0 amide bonds. The van der Waals surface area contributed by atoms with E-state index in [1.807, 2.05) is 26.0 Å². The summed E-state index contributed by atoms with van der Waals surface area (Å²) in [4.78, 5) is 12.4. The van der Waals surface area contributed by atoms with Crippen molar-refractivity contribution < 1.29 is 13.9 Å². The molecule has 1 aromatic heterocycles. The second kappa shape index (κ2) is 7.07. The molecule has 0 aliphatic heterocycles. The SMILES string of the molecule is CC(C)c1cc(OC(=O)c2ccc(F)cc2)n(-c2ccccc2Cl)n1. The highest BCUT2D eigenvalue weighted by molar-refractivity contribution is 6.32. The van der Waals surface area contributed by atoms with Crippen LogP contribution in [0.4, 0.5) is 4.39 Å². The fraction of sp³-hybridized carbons (Fsp3) is 0.158. The summed E-state index contributed by atoms with van der Waals surface area (Å²) in [6.07, 6.45) is 0. The van der Waals surface area contributed by atoms with Crippen molar-refractivity contribution in [2.75, 3.05) is 0 Å². The summed E-state index contributed by atoms with van der Waals surface area (Å²) < 4.78 is 20.0. The van der Waals surface area contributed by atoms with Crippen LogP contribution in [0.2, 0.25) is 5.02 Å². The fourth-order valence-corrected chi connectivity index (χ4v) is 2.49. The van der Waals surface area contributed by atoms with E-state index < -0.39 is 11.8 Å².